The fourth-order valence-corrected chi connectivity index (χ4v) is 3.29. The monoisotopic (exact) mass is 418 g/mol. The van der Waals surface area contributed by atoms with Crippen molar-refractivity contribution in [3.05, 3.63) is 57.1 Å². The number of hydrogen-bond acceptors (Lipinski definition) is 8. The zero-order chi connectivity index (χ0) is 21.0. The lowest BCUT2D eigenvalue weighted by Crippen LogP contribution is -2.17. The molecule has 1 heterocycles. The van der Waals surface area contributed by atoms with Gasteiger partial charge in [0.15, 0.2) is 0 Å². The molecule has 1 N–H and O–H groups in total. The Bertz CT molecular complexity index is 999. The number of methoxy groups -OCH3 is 2. The molecule has 29 heavy (non-hydrogen) atoms. The van der Waals surface area contributed by atoms with Gasteiger partial charge >= 0.3 is 0 Å². The van der Waals surface area contributed by atoms with Gasteiger partial charge in [0.1, 0.15) is 35.4 Å². The molecule has 0 unspecified atom stereocenters. The highest BCUT2D eigenvalue weighted by atomic mass is 32.2. The van der Waals surface area contributed by atoms with Crippen molar-refractivity contribution in [1.82, 2.24) is 5.32 Å². The van der Waals surface area contributed by atoms with Crippen LogP contribution in [-0.4, -0.2) is 25.4 Å². The van der Waals surface area contributed by atoms with E-state index in [0.717, 1.165) is 11.8 Å². The highest BCUT2D eigenvalue weighted by molar-refractivity contribution is 8.18. The SMILES string of the molecule is COc1cc(OCc2c(F)cccc2N=O)cc(OC)c1/C=C1\SC(=O)NC1=O. The van der Waals surface area contributed by atoms with Crippen LogP contribution >= 0.6 is 11.8 Å². The van der Waals surface area contributed by atoms with Crippen molar-refractivity contribution in [1.29, 1.82) is 0 Å². The van der Waals surface area contributed by atoms with E-state index in [1.54, 1.807) is 0 Å². The van der Waals surface area contributed by atoms with Crippen LogP contribution in [0.5, 0.6) is 17.2 Å². The molecule has 1 aliphatic rings. The summed E-state index contributed by atoms with van der Waals surface area (Å²) in [6.45, 7) is -0.243. The molecular formula is C19H15FN2O6S. The minimum atomic E-state index is -0.615. The lowest BCUT2D eigenvalue weighted by atomic mass is 10.1. The highest BCUT2D eigenvalue weighted by Crippen LogP contribution is 2.38. The average Bonchev–Trinajstić information content (AvgIpc) is 3.03. The van der Waals surface area contributed by atoms with E-state index in [1.165, 1.54) is 50.6 Å². The molecule has 0 bridgehead atoms. The number of ether oxygens (including phenoxy) is 3. The van der Waals surface area contributed by atoms with E-state index in [4.69, 9.17) is 14.2 Å². The van der Waals surface area contributed by atoms with E-state index in [2.05, 4.69) is 10.5 Å². The zero-order valence-electron chi connectivity index (χ0n) is 15.4. The number of benzene rings is 2. The Labute approximate surface area is 169 Å². The lowest BCUT2D eigenvalue weighted by molar-refractivity contribution is -0.115. The van der Waals surface area contributed by atoms with E-state index in [1.807, 2.05) is 0 Å². The molecule has 0 spiro atoms. The topological polar surface area (TPSA) is 103 Å². The number of hydrogen-bond donors (Lipinski definition) is 1. The van der Waals surface area contributed by atoms with E-state index >= 15 is 0 Å². The number of nitrogens with one attached hydrogen (secondary N) is 1. The van der Waals surface area contributed by atoms with Crippen LogP contribution in [0.3, 0.4) is 0 Å². The van der Waals surface area contributed by atoms with Crippen LogP contribution in [0.15, 0.2) is 40.4 Å². The van der Waals surface area contributed by atoms with E-state index < -0.39 is 17.0 Å². The molecule has 10 heteroatoms. The summed E-state index contributed by atoms with van der Waals surface area (Å²) in [5.74, 6) is -0.238. The molecule has 0 aliphatic carbocycles. The van der Waals surface area contributed by atoms with Crippen molar-refractivity contribution in [2.24, 2.45) is 5.18 Å². The molecule has 1 aliphatic heterocycles. The van der Waals surface area contributed by atoms with Gasteiger partial charge in [0.25, 0.3) is 11.1 Å². The van der Waals surface area contributed by atoms with Gasteiger partial charge in [0, 0.05) is 12.1 Å². The third-order valence-electron chi connectivity index (χ3n) is 4.01. The van der Waals surface area contributed by atoms with Crippen LogP contribution in [0.25, 0.3) is 6.08 Å². The second kappa shape index (κ2) is 8.74. The number of carbonyl (C=O) groups excluding carboxylic acids is 2. The molecular weight excluding hydrogens is 403 g/mol. The molecule has 0 saturated carbocycles. The van der Waals surface area contributed by atoms with Gasteiger partial charge in [0.05, 0.1) is 30.3 Å². The number of nitrogens with zero attached hydrogens (tertiary/aromatic N) is 1. The quantitative estimate of drug-likeness (QED) is 0.532. The summed E-state index contributed by atoms with van der Waals surface area (Å²) in [7, 11) is 2.83. The maximum atomic E-state index is 14.0. The summed E-state index contributed by atoms with van der Waals surface area (Å²) in [5.41, 5.74) is 0.388. The maximum absolute atomic E-state index is 14.0. The first-order valence-corrected chi connectivity index (χ1v) is 9.03. The Kier molecular flexibility index (Phi) is 6.13. The molecule has 1 fully saturated rings. The van der Waals surface area contributed by atoms with Gasteiger partial charge in [-0.2, -0.15) is 0 Å². The fourth-order valence-electron chi connectivity index (χ4n) is 2.62. The van der Waals surface area contributed by atoms with E-state index in [0.29, 0.717) is 17.1 Å². The Morgan fingerprint density at radius 3 is 2.41 bits per heavy atom. The first kappa shape index (κ1) is 20.3. The van der Waals surface area contributed by atoms with Crippen molar-refractivity contribution in [2.45, 2.75) is 6.61 Å². The van der Waals surface area contributed by atoms with Crippen molar-refractivity contribution in [3.8, 4) is 17.2 Å². The number of amides is 2. The Morgan fingerprint density at radius 2 is 1.86 bits per heavy atom. The number of halogens is 1. The Morgan fingerprint density at radius 1 is 1.17 bits per heavy atom. The summed E-state index contributed by atoms with van der Waals surface area (Å²) >= 11 is 0.762. The summed E-state index contributed by atoms with van der Waals surface area (Å²) in [6, 6.07) is 7.00. The second-order valence-electron chi connectivity index (χ2n) is 5.71. The van der Waals surface area contributed by atoms with Crippen LogP contribution in [-0.2, 0) is 11.4 Å². The normalized spacial score (nSPS) is 14.7. The van der Waals surface area contributed by atoms with Gasteiger partial charge in [-0.15, -0.1) is 4.91 Å². The van der Waals surface area contributed by atoms with Crippen LogP contribution in [0, 0.1) is 10.7 Å². The summed E-state index contributed by atoms with van der Waals surface area (Å²) < 4.78 is 30.3. The predicted molar refractivity (Wildman–Crippen MR) is 105 cm³/mol. The van der Waals surface area contributed by atoms with Gasteiger partial charge in [-0.3, -0.25) is 14.9 Å². The molecule has 0 atom stereocenters. The lowest BCUT2D eigenvalue weighted by Gasteiger charge is -2.15. The molecule has 8 nitrogen and oxygen atoms in total. The third kappa shape index (κ3) is 4.37. The van der Waals surface area contributed by atoms with Crippen LogP contribution in [0.4, 0.5) is 14.9 Å². The van der Waals surface area contributed by atoms with E-state index in [-0.39, 0.29) is 28.5 Å². The molecule has 150 valence electrons. The largest absolute Gasteiger partial charge is 0.496 e. The van der Waals surface area contributed by atoms with Gasteiger partial charge in [-0.25, -0.2) is 4.39 Å². The molecule has 1 saturated heterocycles. The zero-order valence-corrected chi connectivity index (χ0v) is 16.2. The minimum Gasteiger partial charge on any atom is -0.496 e. The molecule has 2 amide bonds. The number of nitroso groups, excluding NO2 is 1. The Balaban J connectivity index is 1.93. The Hall–Kier alpha value is -3.40. The van der Waals surface area contributed by atoms with Crippen LogP contribution in [0.2, 0.25) is 0 Å². The number of carbonyl (C=O) groups is 2. The summed E-state index contributed by atoms with van der Waals surface area (Å²) in [6.07, 6.45) is 1.47. The summed E-state index contributed by atoms with van der Waals surface area (Å²) in [5, 5.41) is 4.50. The molecule has 0 radical (unpaired) electrons. The average molecular weight is 418 g/mol. The molecule has 3 rings (SSSR count). The number of thioether (sulfide) groups is 1. The van der Waals surface area contributed by atoms with Crippen molar-refractivity contribution in [3.63, 3.8) is 0 Å². The number of imide groups is 1. The van der Waals surface area contributed by atoms with Gasteiger partial charge < -0.3 is 14.2 Å². The number of rotatable bonds is 7. The van der Waals surface area contributed by atoms with E-state index in [9.17, 15) is 18.9 Å². The van der Waals surface area contributed by atoms with Gasteiger partial charge in [-0.1, -0.05) is 6.07 Å². The minimum absolute atomic E-state index is 0.0177. The maximum Gasteiger partial charge on any atom is 0.290 e. The second-order valence-corrected chi connectivity index (χ2v) is 6.73. The first-order valence-electron chi connectivity index (χ1n) is 8.21. The van der Waals surface area contributed by atoms with Crippen molar-refractivity contribution >= 4 is 34.7 Å². The standard InChI is InChI=1S/C19H15FN2O6S/c1-26-15-6-10(28-9-12-13(20)4-3-5-14(12)22-25)7-16(27-2)11(15)8-17-18(23)21-19(24)29-17/h3-8H,9H2,1-2H3,(H,21,23,24)/b17-8-. The smallest absolute Gasteiger partial charge is 0.290 e. The predicted octanol–water partition coefficient (Wildman–Crippen LogP) is 4.14. The van der Waals surface area contributed by atoms with Crippen LogP contribution < -0.4 is 19.5 Å². The van der Waals surface area contributed by atoms with Gasteiger partial charge in [-0.05, 0) is 35.1 Å². The van der Waals surface area contributed by atoms with Crippen molar-refractivity contribution < 1.29 is 28.2 Å². The highest BCUT2D eigenvalue weighted by Gasteiger charge is 2.26. The van der Waals surface area contributed by atoms with Gasteiger partial charge in [0.2, 0.25) is 0 Å². The third-order valence-corrected chi connectivity index (χ3v) is 4.82. The molecule has 2 aromatic rings. The molecule has 0 aromatic heterocycles. The summed E-state index contributed by atoms with van der Waals surface area (Å²) in [4.78, 5) is 34.2. The fraction of sp³-hybridized carbons (Fsp3) is 0.158. The first-order chi connectivity index (χ1) is 14.0. The molecule has 2 aromatic carbocycles. The van der Waals surface area contributed by atoms with Crippen molar-refractivity contribution in [2.75, 3.05) is 14.2 Å². The van der Waals surface area contributed by atoms with Crippen LogP contribution in [0.1, 0.15) is 11.1 Å².